The van der Waals surface area contributed by atoms with Gasteiger partial charge in [0.1, 0.15) is 6.33 Å². The van der Waals surface area contributed by atoms with E-state index < -0.39 is 0 Å². The lowest BCUT2D eigenvalue weighted by Gasteiger charge is -2.14. The molecule has 0 bridgehead atoms. The number of allylic oxidation sites excluding steroid dienone is 2. The van der Waals surface area contributed by atoms with Crippen LogP contribution in [-0.2, 0) is 0 Å². The first-order chi connectivity index (χ1) is 12.2. The molecular weight excluding hydrogens is 433 g/mol. The molecule has 7 heteroatoms. The maximum Gasteiger partial charge on any atom is 0.230 e. The highest BCUT2D eigenvalue weighted by Gasteiger charge is 2.14. The van der Waals surface area contributed by atoms with Gasteiger partial charge in [-0.15, -0.1) is 0 Å². The van der Waals surface area contributed by atoms with E-state index in [0.717, 1.165) is 27.6 Å². The first kappa shape index (κ1) is 17.9. The third kappa shape index (κ3) is 4.60. The van der Waals surface area contributed by atoms with Crippen molar-refractivity contribution in [3.63, 3.8) is 0 Å². The summed E-state index contributed by atoms with van der Waals surface area (Å²) in [5.74, 6) is 1.90. The van der Waals surface area contributed by atoms with Crippen molar-refractivity contribution in [2.75, 3.05) is 34.4 Å². The summed E-state index contributed by atoms with van der Waals surface area (Å²) in [6.07, 6.45) is 6.46. The van der Waals surface area contributed by atoms with Crippen molar-refractivity contribution in [3.8, 4) is 17.4 Å². The Hall–Kier alpha value is -1.87. The third-order valence-corrected chi connectivity index (χ3v) is 5.52. The van der Waals surface area contributed by atoms with Crippen molar-refractivity contribution in [1.29, 1.82) is 0 Å². The highest BCUT2D eigenvalue weighted by molar-refractivity contribution is 14.2. The molecule has 133 valence electrons. The molecular formula is C18H21IN3O3. The molecule has 0 spiro atoms. The number of hydrogen-bond acceptors (Lipinski definition) is 6. The smallest absolute Gasteiger partial charge is 0.230 e. The van der Waals surface area contributed by atoms with Crippen LogP contribution in [0.5, 0.6) is 17.4 Å². The van der Waals surface area contributed by atoms with Crippen LogP contribution in [0.25, 0.3) is 10.9 Å². The molecule has 1 aromatic heterocycles. The van der Waals surface area contributed by atoms with Crippen molar-refractivity contribution >= 4 is 32.1 Å². The molecule has 1 aliphatic heterocycles. The quantitative estimate of drug-likeness (QED) is 0.448. The summed E-state index contributed by atoms with van der Waals surface area (Å²) >= 11 is -0.202. The van der Waals surface area contributed by atoms with Crippen LogP contribution in [0.15, 0.2) is 38.5 Å². The molecule has 0 amide bonds. The topological polar surface area (TPSA) is 56.7 Å². The van der Waals surface area contributed by atoms with Crippen LogP contribution in [0.4, 0.5) is 0 Å². The summed E-state index contributed by atoms with van der Waals surface area (Å²) in [5, 5.41) is 0.816. The van der Waals surface area contributed by atoms with Crippen LogP contribution >= 0.6 is 21.2 Å². The summed E-state index contributed by atoms with van der Waals surface area (Å²) in [7, 11) is 5.73. The van der Waals surface area contributed by atoms with E-state index in [0.29, 0.717) is 24.0 Å². The molecule has 25 heavy (non-hydrogen) atoms. The van der Waals surface area contributed by atoms with Gasteiger partial charge in [0.2, 0.25) is 5.88 Å². The lowest BCUT2D eigenvalue weighted by Crippen LogP contribution is -2.15. The number of benzene rings is 1. The lowest BCUT2D eigenvalue weighted by atomic mass is 10.2. The fraction of sp³-hybridized carbons (Fsp3) is 0.333. The molecule has 0 fully saturated rings. The van der Waals surface area contributed by atoms with Crippen LogP contribution in [0.3, 0.4) is 0 Å². The molecule has 0 unspecified atom stereocenters. The zero-order valence-corrected chi connectivity index (χ0v) is 16.7. The van der Waals surface area contributed by atoms with Gasteiger partial charge in [-0.05, 0) is 57.9 Å². The van der Waals surface area contributed by atoms with Gasteiger partial charge in [0, 0.05) is 12.6 Å². The van der Waals surface area contributed by atoms with Gasteiger partial charge in [-0.25, -0.2) is 9.97 Å². The normalized spacial score (nSPS) is 13.4. The van der Waals surface area contributed by atoms with E-state index in [4.69, 9.17) is 14.2 Å². The van der Waals surface area contributed by atoms with Gasteiger partial charge >= 0.3 is 0 Å². The van der Waals surface area contributed by atoms with Crippen molar-refractivity contribution in [2.24, 2.45) is 0 Å². The Morgan fingerprint density at radius 2 is 2.04 bits per heavy atom. The van der Waals surface area contributed by atoms with Crippen LogP contribution < -0.4 is 14.2 Å². The van der Waals surface area contributed by atoms with Crippen LogP contribution in [0, 0.1) is 0 Å². The Morgan fingerprint density at radius 3 is 2.76 bits per heavy atom. The average molecular weight is 454 g/mol. The Morgan fingerprint density at radius 1 is 1.16 bits per heavy atom. The number of hydrogen-bond donors (Lipinski definition) is 0. The maximum absolute atomic E-state index is 5.95. The summed E-state index contributed by atoms with van der Waals surface area (Å²) in [6.45, 7) is 1.60. The van der Waals surface area contributed by atoms with E-state index in [1.165, 1.54) is 6.33 Å². The van der Waals surface area contributed by atoms with Gasteiger partial charge in [-0.3, -0.25) is 0 Å². The number of methoxy groups -OCH3 is 1. The summed E-state index contributed by atoms with van der Waals surface area (Å²) in [6, 6.07) is 3.77. The van der Waals surface area contributed by atoms with E-state index >= 15 is 0 Å². The summed E-state index contributed by atoms with van der Waals surface area (Å²) < 4.78 is 20.5. The standard InChI is InChI=1S/C18H21IN3O3/c1-22(2)8-5-9-24-16-11-14-13(10-15(16)23-3)18(21-12-20-14)25-17-6-4-7-19-17/h4,6-7,10-12H,5,8-9H2,1-3H3. The number of aromatic nitrogens is 2. The molecule has 2 aromatic rings. The predicted molar refractivity (Wildman–Crippen MR) is 107 cm³/mol. The third-order valence-electron chi connectivity index (χ3n) is 3.56. The van der Waals surface area contributed by atoms with Gasteiger partial charge in [-0.2, -0.15) is 0 Å². The molecule has 1 radical (unpaired) electrons. The molecule has 0 saturated heterocycles. The van der Waals surface area contributed by atoms with Crippen LogP contribution in [-0.4, -0.2) is 49.2 Å². The second-order valence-electron chi connectivity index (χ2n) is 5.70. The summed E-state index contributed by atoms with van der Waals surface area (Å²) in [5.41, 5.74) is 0.776. The van der Waals surface area contributed by atoms with E-state index in [-0.39, 0.29) is 21.2 Å². The van der Waals surface area contributed by atoms with Crippen LogP contribution in [0.2, 0.25) is 0 Å². The maximum atomic E-state index is 5.95. The van der Waals surface area contributed by atoms with Gasteiger partial charge in [0.25, 0.3) is 0 Å². The van der Waals surface area contributed by atoms with Crippen molar-refractivity contribution in [3.05, 3.63) is 38.5 Å². The second kappa shape index (κ2) is 8.48. The van der Waals surface area contributed by atoms with Gasteiger partial charge < -0.3 is 19.1 Å². The first-order valence-electron chi connectivity index (χ1n) is 7.95. The molecule has 0 N–H and O–H groups in total. The first-order valence-corrected chi connectivity index (χ1v) is 10.3. The fourth-order valence-corrected chi connectivity index (χ4v) is 3.87. The largest absolute Gasteiger partial charge is 0.493 e. The molecule has 0 aliphatic carbocycles. The Bertz CT molecular complexity index is 805. The second-order valence-corrected chi connectivity index (χ2v) is 8.11. The Kier molecular flexibility index (Phi) is 6.09. The van der Waals surface area contributed by atoms with Crippen molar-refractivity contribution in [1.82, 2.24) is 14.9 Å². The van der Waals surface area contributed by atoms with Crippen LogP contribution in [0.1, 0.15) is 6.42 Å². The summed E-state index contributed by atoms with van der Waals surface area (Å²) in [4.78, 5) is 10.8. The highest BCUT2D eigenvalue weighted by Crippen LogP contribution is 2.38. The monoisotopic (exact) mass is 454 g/mol. The predicted octanol–water partition coefficient (Wildman–Crippen LogP) is 3.69. The molecule has 1 aliphatic rings. The molecule has 1 aromatic carbocycles. The number of halogens is 1. The minimum atomic E-state index is -0.202. The zero-order chi connectivity index (χ0) is 17.6. The minimum absolute atomic E-state index is 0.202. The number of ether oxygens (including phenoxy) is 3. The Balaban J connectivity index is 1.82. The number of nitrogens with zero attached hydrogens (tertiary/aromatic N) is 3. The highest BCUT2D eigenvalue weighted by atomic mass is 127. The van der Waals surface area contributed by atoms with E-state index in [1.807, 2.05) is 38.4 Å². The molecule has 3 rings (SSSR count). The average Bonchev–Trinajstić information content (AvgIpc) is 3.11. The van der Waals surface area contributed by atoms with E-state index in [2.05, 4.69) is 19.0 Å². The lowest BCUT2D eigenvalue weighted by molar-refractivity contribution is 0.268. The molecule has 2 heterocycles. The van der Waals surface area contributed by atoms with E-state index in [9.17, 15) is 0 Å². The molecule has 0 atom stereocenters. The fourth-order valence-electron chi connectivity index (χ4n) is 2.35. The molecule has 6 nitrogen and oxygen atoms in total. The van der Waals surface area contributed by atoms with Crippen molar-refractivity contribution < 1.29 is 14.2 Å². The van der Waals surface area contributed by atoms with Gasteiger partial charge in [-0.1, -0.05) is 6.08 Å². The Labute approximate surface area is 157 Å². The van der Waals surface area contributed by atoms with Crippen molar-refractivity contribution in [2.45, 2.75) is 6.42 Å². The molecule has 0 saturated carbocycles. The number of rotatable bonds is 8. The minimum Gasteiger partial charge on any atom is -0.493 e. The van der Waals surface area contributed by atoms with E-state index in [1.54, 1.807) is 7.11 Å². The van der Waals surface area contributed by atoms with Gasteiger partial charge in [0.05, 0.1) is 24.6 Å². The number of fused-ring (bicyclic) bond motifs is 1. The zero-order valence-electron chi connectivity index (χ0n) is 14.5. The SMILES string of the molecule is COc1cc2c(OC3=CC=C[I]3)ncnc2cc1OCCCN(C)C. The van der Waals surface area contributed by atoms with Gasteiger partial charge in [0.15, 0.2) is 15.3 Å².